The van der Waals surface area contributed by atoms with E-state index in [1.807, 2.05) is 6.92 Å². The van der Waals surface area contributed by atoms with E-state index in [1.165, 1.54) is 6.07 Å². The van der Waals surface area contributed by atoms with E-state index in [-0.39, 0.29) is 17.6 Å². The average molecular weight is 343 g/mol. The highest BCUT2D eigenvalue weighted by atomic mass is 79.9. The lowest BCUT2D eigenvalue weighted by atomic mass is 10.0. The van der Waals surface area contributed by atoms with Crippen molar-refractivity contribution in [1.29, 1.82) is 0 Å². The summed E-state index contributed by atoms with van der Waals surface area (Å²) in [6, 6.07) is 3.01. The molecule has 7 heteroatoms. The maximum atomic E-state index is 12.6. The summed E-state index contributed by atoms with van der Waals surface area (Å²) in [7, 11) is 0. The highest BCUT2D eigenvalue weighted by Gasteiger charge is 2.28. The molecule has 20 heavy (non-hydrogen) atoms. The number of morpholine rings is 1. The standard InChI is InChI=1S/C13H15BrN2O4/c1-8-7-20-4-3-15(8)13(17)11-5-10(14)6-12(9(11)2)16(18)19/h5-6,8H,3-4,7H2,1-2H3/t8-/m1/s1. The second-order valence-corrected chi connectivity index (χ2v) is 5.69. The minimum Gasteiger partial charge on any atom is -0.377 e. The molecule has 1 aromatic carbocycles. The predicted molar refractivity (Wildman–Crippen MR) is 76.9 cm³/mol. The highest BCUT2D eigenvalue weighted by Crippen LogP contribution is 2.28. The Hall–Kier alpha value is -1.47. The molecule has 1 saturated heterocycles. The Morgan fingerprint density at radius 2 is 2.25 bits per heavy atom. The van der Waals surface area contributed by atoms with Gasteiger partial charge in [-0.05, 0) is 19.9 Å². The zero-order chi connectivity index (χ0) is 14.9. The molecule has 0 spiro atoms. The maximum Gasteiger partial charge on any atom is 0.274 e. The van der Waals surface area contributed by atoms with Gasteiger partial charge in [-0.2, -0.15) is 0 Å². The molecule has 1 aliphatic heterocycles. The van der Waals surface area contributed by atoms with Crippen LogP contribution < -0.4 is 0 Å². The van der Waals surface area contributed by atoms with Gasteiger partial charge in [-0.3, -0.25) is 14.9 Å². The van der Waals surface area contributed by atoms with Crippen molar-refractivity contribution in [2.45, 2.75) is 19.9 Å². The van der Waals surface area contributed by atoms with Crippen molar-refractivity contribution >= 4 is 27.5 Å². The van der Waals surface area contributed by atoms with Crippen LogP contribution in [0.25, 0.3) is 0 Å². The van der Waals surface area contributed by atoms with Crippen LogP contribution in [0.15, 0.2) is 16.6 Å². The molecule has 0 radical (unpaired) electrons. The van der Waals surface area contributed by atoms with E-state index in [0.29, 0.717) is 35.4 Å². The van der Waals surface area contributed by atoms with Gasteiger partial charge >= 0.3 is 0 Å². The van der Waals surface area contributed by atoms with Gasteiger partial charge in [0.25, 0.3) is 11.6 Å². The Morgan fingerprint density at radius 3 is 2.85 bits per heavy atom. The number of nitro groups is 1. The zero-order valence-electron chi connectivity index (χ0n) is 11.3. The van der Waals surface area contributed by atoms with Gasteiger partial charge in [0.2, 0.25) is 0 Å². The van der Waals surface area contributed by atoms with E-state index in [4.69, 9.17) is 4.74 Å². The molecule has 6 nitrogen and oxygen atoms in total. The normalized spacial score (nSPS) is 18.9. The van der Waals surface area contributed by atoms with Crippen molar-refractivity contribution in [3.63, 3.8) is 0 Å². The number of nitrogens with zero attached hydrogens (tertiary/aromatic N) is 2. The molecule has 1 fully saturated rings. The van der Waals surface area contributed by atoms with Crippen LogP contribution in [0, 0.1) is 17.0 Å². The van der Waals surface area contributed by atoms with E-state index in [1.54, 1.807) is 17.9 Å². The van der Waals surface area contributed by atoms with Crippen LogP contribution in [-0.4, -0.2) is 41.5 Å². The Kier molecular flexibility index (Phi) is 4.39. The number of carbonyl (C=O) groups excluding carboxylic acids is 1. The molecule has 1 amide bonds. The molecule has 0 aliphatic carbocycles. The number of carbonyl (C=O) groups is 1. The van der Waals surface area contributed by atoms with E-state index >= 15 is 0 Å². The third kappa shape index (κ3) is 2.83. The number of nitro benzene ring substituents is 1. The van der Waals surface area contributed by atoms with Crippen LogP contribution in [0.2, 0.25) is 0 Å². The van der Waals surface area contributed by atoms with Crippen molar-refractivity contribution in [1.82, 2.24) is 4.90 Å². The zero-order valence-corrected chi connectivity index (χ0v) is 12.8. The van der Waals surface area contributed by atoms with Crippen LogP contribution in [0.3, 0.4) is 0 Å². The van der Waals surface area contributed by atoms with Crippen LogP contribution in [0.1, 0.15) is 22.8 Å². The summed E-state index contributed by atoms with van der Waals surface area (Å²) in [5.41, 5.74) is 0.699. The van der Waals surface area contributed by atoms with Gasteiger partial charge in [-0.15, -0.1) is 0 Å². The second kappa shape index (κ2) is 5.88. The summed E-state index contributed by atoms with van der Waals surface area (Å²) in [4.78, 5) is 24.8. The van der Waals surface area contributed by atoms with Crippen LogP contribution in [-0.2, 0) is 4.74 Å². The monoisotopic (exact) mass is 342 g/mol. The van der Waals surface area contributed by atoms with E-state index in [9.17, 15) is 14.9 Å². The molecule has 0 aromatic heterocycles. The fourth-order valence-corrected chi connectivity index (χ4v) is 2.71. The molecule has 0 saturated carbocycles. The van der Waals surface area contributed by atoms with Gasteiger partial charge in [0, 0.05) is 22.6 Å². The highest BCUT2D eigenvalue weighted by molar-refractivity contribution is 9.10. The molecular formula is C13H15BrN2O4. The maximum absolute atomic E-state index is 12.6. The fourth-order valence-electron chi connectivity index (χ4n) is 2.26. The van der Waals surface area contributed by atoms with E-state index in [0.717, 1.165) is 0 Å². The summed E-state index contributed by atoms with van der Waals surface area (Å²) in [5, 5.41) is 11.0. The summed E-state index contributed by atoms with van der Waals surface area (Å²) in [6.07, 6.45) is 0. The lowest BCUT2D eigenvalue weighted by molar-refractivity contribution is -0.385. The third-order valence-corrected chi connectivity index (χ3v) is 3.86. The molecule has 2 rings (SSSR count). The molecule has 0 N–H and O–H groups in total. The summed E-state index contributed by atoms with van der Waals surface area (Å²) in [5.74, 6) is -0.192. The van der Waals surface area contributed by atoms with Crippen molar-refractivity contribution in [3.05, 3.63) is 37.8 Å². The smallest absolute Gasteiger partial charge is 0.274 e. The molecule has 0 bridgehead atoms. The molecule has 108 valence electrons. The fraction of sp³-hybridized carbons (Fsp3) is 0.462. The number of ether oxygens (including phenoxy) is 1. The third-order valence-electron chi connectivity index (χ3n) is 3.40. The first-order valence-corrected chi connectivity index (χ1v) is 7.04. The summed E-state index contributed by atoms with van der Waals surface area (Å²) < 4.78 is 5.83. The number of amides is 1. The Labute approximate surface area is 125 Å². The minimum atomic E-state index is -0.473. The van der Waals surface area contributed by atoms with Crippen LogP contribution in [0.5, 0.6) is 0 Å². The molecular weight excluding hydrogens is 328 g/mol. The molecule has 1 aliphatic rings. The molecule has 0 unspecified atom stereocenters. The average Bonchev–Trinajstić information content (AvgIpc) is 2.40. The van der Waals surface area contributed by atoms with Crippen LogP contribution >= 0.6 is 15.9 Å². The molecule has 1 aromatic rings. The topological polar surface area (TPSA) is 72.7 Å². The number of hydrogen-bond acceptors (Lipinski definition) is 4. The van der Waals surface area contributed by atoms with Crippen LogP contribution in [0.4, 0.5) is 5.69 Å². The number of rotatable bonds is 2. The van der Waals surface area contributed by atoms with Gasteiger partial charge in [0.05, 0.1) is 29.7 Å². The van der Waals surface area contributed by atoms with Crippen molar-refractivity contribution in [2.75, 3.05) is 19.8 Å². The summed E-state index contributed by atoms with van der Waals surface area (Å²) in [6.45, 7) is 4.98. The number of halogens is 1. The lowest BCUT2D eigenvalue weighted by Crippen LogP contribution is -2.47. The first kappa shape index (κ1) is 14.9. The Bertz CT molecular complexity index is 562. The lowest BCUT2D eigenvalue weighted by Gasteiger charge is -2.33. The van der Waals surface area contributed by atoms with Gasteiger partial charge < -0.3 is 9.64 Å². The van der Waals surface area contributed by atoms with E-state index < -0.39 is 4.92 Å². The van der Waals surface area contributed by atoms with Gasteiger partial charge in [-0.1, -0.05) is 15.9 Å². The Balaban J connectivity index is 2.41. The largest absolute Gasteiger partial charge is 0.377 e. The van der Waals surface area contributed by atoms with Gasteiger partial charge in [0.15, 0.2) is 0 Å². The predicted octanol–water partition coefficient (Wildman–Crippen LogP) is 2.53. The first-order chi connectivity index (χ1) is 9.41. The molecule has 1 atom stereocenters. The summed E-state index contributed by atoms with van der Waals surface area (Å²) >= 11 is 3.22. The van der Waals surface area contributed by atoms with Crippen molar-refractivity contribution in [2.24, 2.45) is 0 Å². The molecule has 1 heterocycles. The number of hydrogen-bond donors (Lipinski definition) is 0. The van der Waals surface area contributed by atoms with Crippen molar-refractivity contribution in [3.8, 4) is 0 Å². The Morgan fingerprint density at radius 1 is 1.55 bits per heavy atom. The minimum absolute atomic E-state index is 0.0336. The van der Waals surface area contributed by atoms with E-state index in [2.05, 4.69) is 15.9 Å². The van der Waals surface area contributed by atoms with Gasteiger partial charge in [-0.25, -0.2) is 0 Å². The van der Waals surface area contributed by atoms with Crippen molar-refractivity contribution < 1.29 is 14.5 Å². The SMILES string of the molecule is Cc1c(C(=O)N2CCOC[C@H]2C)cc(Br)cc1[N+](=O)[O-]. The quantitative estimate of drug-likeness (QED) is 0.611. The number of benzene rings is 1. The van der Waals surface area contributed by atoms with Gasteiger partial charge in [0.1, 0.15) is 0 Å². The second-order valence-electron chi connectivity index (χ2n) is 4.78. The first-order valence-electron chi connectivity index (χ1n) is 6.25.